The van der Waals surface area contributed by atoms with Gasteiger partial charge in [0.1, 0.15) is 0 Å². The van der Waals surface area contributed by atoms with Crippen LogP contribution in [-0.4, -0.2) is 51.5 Å². The standard InChI is InChI=1S/C29H37N5O3/c1-3-27(35)31-13-15-33-18-21(24-6-4-5-7-26(24)33)19-34(22-8-9-22)29(37)25-17-30-12-10-23(25)20-11-14-32(2)28(36)16-20/h4-7,11,14,16,18,22-23,25,30H,3,8-10,12-13,15,17,19H2,1-2H3,(H,31,35). The second-order valence-electron chi connectivity index (χ2n) is 10.4. The normalized spacial score (nSPS) is 19.6. The number of nitrogens with zero attached hydrogens (tertiary/aromatic N) is 3. The van der Waals surface area contributed by atoms with E-state index in [4.69, 9.17) is 0 Å². The van der Waals surface area contributed by atoms with Gasteiger partial charge in [-0.05, 0) is 55.0 Å². The summed E-state index contributed by atoms with van der Waals surface area (Å²) in [7, 11) is 1.75. The number of fused-ring (bicyclic) bond motifs is 1. The minimum atomic E-state index is -0.195. The van der Waals surface area contributed by atoms with Gasteiger partial charge in [0.15, 0.2) is 0 Å². The second-order valence-corrected chi connectivity index (χ2v) is 10.4. The van der Waals surface area contributed by atoms with E-state index in [1.165, 1.54) is 0 Å². The number of hydrogen-bond donors (Lipinski definition) is 2. The zero-order chi connectivity index (χ0) is 25.9. The summed E-state index contributed by atoms with van der Waals surface area (Å²) in [5.74, 6) is 0.0630. The number of carbonyl (C=O) groups excluding carboxylic acids is 2. The molecule has 3 heterocycles. The molecular formula is C29H37N5O3. The minimum Gasteiger partial charge on any atom is -0.354 e. The molecule has 3 aromatic rings. The van der Waals surface area contributed by atoms with Gasteiger partial charge in [0.05, 0.1) is 5.92 Å². The molecule has 5 rings (SSSR count). The fourth-order valence-corrected chi connectivity index (χ4v) is 5.56. The summed E-state index contributed by atoms with van der Waals surface area (Å²) in [6.07, 6.45) is 7.32. The van der Waals surface area contributed by atoms with E-state index in [0.717, 1.165) is 47.8 Å². The van der Waals surface area contributed by atoms with Crippen LogP contribution in [0.2, 0.25) is 0 Å². The summed E-state index contributed by atoms with van der Waals surface area (Å²) >= 11 is 0. The molecule has 8 heteroatoms. The van der Waals surface area contributed by atoms with Crippen molar-refractivity contribution in [1.29, 1.82) is 0 Å². The molecule has 196 valence electrons. The van der Waals surface area contributed by atoms with Crippen LogP contribution >= 0.6 is 0 Å². The number of benzene rings is 1. The van der Waals surface area contributed by atoms with Gasteiger partial charge in [-0.25, -0.2) is 0 Å². The zero-order valence-electron chi connectivity index (χ0n) is 21.8. The number of nitrogens with one attached hydrogen (secondary N) is 2. The zero-order valence-corrected chi connectivity index (χ0v) is 21.8. The maximum Gasteiger partial charge on any atom is 0.250 e. The van der Waals surface area contributed by atoms with Crippen LogP contribution in [0.25, 0.3) is 10.9 Å². The molecule has 2 amide bonds. The lowest BCUT2D eigenvalue weighted by Crippen LogP contribution is -2.47. The van der Waals surface area contributed by atoms with E-state index >= 15 is 0 Å². The van der Waals surface area contributed by atoms with Crippen LogP contribution in [0.15, 0.2) is 53.6 Å². The van der Waals surface area contributed by atoms with Crippen LogP contribution in [-0.2, 0) is 29.7 Å². The third-order valence-electron chi connectivity index (χ3n) is 7.83. The Labute approximate surface area is 217 Å². The summed E-state index contributed by atoms with van der Waals surface area (Å²) < 4.78 is 3.75. The molecule has 8 nitrogen and oxygen atoms in total. The molecule has 1 aliphatic carbocycles. The van der Waals surface area contributed by atoms with Gasteiger partial charge in [0.25, 0.3) is 5.56 Å². The Morgan fingerprint density at radius 3 is 2.73 bits per heavy atom. The highest BCUT2D eigenvalue weighted by Gasteiger charge is 2.40. The van der Waals surface area contributed by atoms with Crippen molar-refractivity contribution in [2.24, 2.45) is 13.0 Å². The van der Waals surface area contributed by atoms with E-state index in [0.29, 0.717) is 32.6 Å². The number of rotatable bonds is 9. The molecule has 0 bridgehead atoms. The summed E-state index contributed by atoms with van der Waals surface area (Å²) in [6, 6.07) is 12.2. The number of para-hydroxylation sites is 1. The van der Waals surface area contributed by atoms with E-state index in [1.54, 1.807) is 23.9 Å². The van der Waals surface area contributed by atoms with Crippen LogP contribution in [0.3, 0.4) is 0 Å². The average molecular weight is 504 g/mol. The molecule has 1 saturated heterocycles. The lowest BCUT2D eigenvalue weighted by atomic mass is 9.80. The van der Waals surface area contributed by atoms with Gasteiger partial charge in [-0.1, -0.05) is 25.1 Å². The van der Waals surface area contributed by atoms with Crippen molar-refractivity contribution in [3.05, 3.63) is 70.3 Å². The minimum absolute atomic E-state index is 0.0346. The van der Waals surface area contributed by atoms with E-state index in [2.05, 4.69) is 38.4 Å². The quantitative estimate of drug-likeness (QED) is 0.470. The van der Waals surface area contributed by atoms with Gasteiger partial charge in [-0.15, -0.1) is 0 Å². The number of hydrogen-bond acceptors (Lipinski definition) is 4. The molecular weight excluding hydrogens is 466 g/mol. The number of amides is 2. The Hall–Kier alpha value is -3.39. The van der Waals surface area contributed by atoms with E-state index in [9.17, 15) is 14.4 Å². The van der Waals surface area contributed by atoms with Crippen LogP contribution in [0, 0.1) is 5.92 Å². The number of piperidine rings is 1. The van der Waals surface area contributed by atoms with Crippen molar-refractivity contribution in [2.75, 3.05) is 19.6 Å². The second kappa shape index (κ2) is 10.9. The first-order valence-corrected chi connectivity index (χ1v) is 13.5. The fourth-order valence-electron chi connectivity index (χ4n) is 5.56. The largest absolute Gasteiger partial charge is 0.354 e. The summed E-state index contributed by atoms with van der Waals surface area (Å²) in [6.45, 7) is 5.14. The van der Waals surface area contributed by atoms with E-state index in [-0.39, 0.29) is 35.3 Å². The highest BCUT2D eigenvalue weighted by Crippen LogP contribution is 2.36. The van der Waals surface area contributed by atoms with E-state index in [1.807, 2.05) is 25.1 Å². The summed E-state index contributed by atoms with van der Waals surface area (Å²) in [5.41, 5.74) is 3.17. The maximum atomic E-state index is 14.1. The molecule has 2 fully saturated rings. The average Bonchev–Trinajstić information content (AvgIpc) is 3.71. The van der Waals surface area contributed by atoms with Gasteiger partial charge in [0, 0.05) is 75.1 Å². The van der Waals surface area contributed by atoms with Crippen LogP contribution in [0.1, 0.15) is 49.7 Å². The molecule has 1 saturated carbocycles. The Balaban J connectivity index is 1.39. The van der Waals surface area contributed by atoms with Gasteiger partial charge >= 0.3 is 0 Å². The van der Waals surface area contributed by atoms with Crippen molar-refractivity contribution >= 4 is 22.7 Å². The molecule has 1 aromatic carbocycles. The molecule has 0 radical (unpaired) electrons. The smallest absolute Gasteiger partial charge is 0.250 e. The molecule has 2 aromatic heterocycles. The molecule has 37 heavy (non-hydrogen) atoms. The first-order valence-electron chi connectivity index (χ1n) is 13.5. The van der Waals surface area contributed by atoms with Gasteiger partial charge in [-0.3, -0.25) is 14.4 Å². The Bertz CT molecular complexity index is 1340. The first-order chi connectivity index (χ1) is 18.0. The van der Waals surface area contributed by atoms with Crippen molar-refractivity contribution in [2.45, 2.75) is 57.7 Å². The highest BCUT2D eigenvalue weighted by atomic mass is 16.2. The Morgan fingerprint density at radius 2 is 1.97 bits per heavy atom. The SMILES string of the molecule is CCC(=O)NCCn1cc(CN(C(=O)C2CNCCC2c2ccn(C)c(=O)c2)C2CC2)c2ccccc21. The third-order valence-corrected chi connectivity index (χ3v) is 7.83. The van der Waals surface area contributed by atoms with Crippen molar-refractivity contribution < 1.29 is 9.59 Å². The van der Waals surface area contributed by atoms with Gasteiger partial charge in [-0.2, -0.15) is 0 Å². The molecule has 2 atom stereocenters. The molecule has 1 aliphatic heterocycles. The topological polar surface area (TPSA) is 88.4 Å². The highest BCUT2D eigenvalue weighted by molar-refractivity contribution is 5.86. The predicted molar refractivity (Wildman–Crippen MR) is 144 cm³/mol. The molecule has 2 N–H and O–H groups in total. The Morgan fingerprint density at radius 1 is 1.16 bits per heavy atom. The number of aryl methyl sites for hydroxylation is 1. The summed E-state index contributed by atoms with van der Waals surface area (Å²) in [5, 5.41) is 7.52. The van der Waals surface area contributed by atoms with Crippen LogP contribution in [0.5, 0.6) is 0 Å². The van der Waals surface area contributed by atoms with Crippen LogP contribution in [0.4, 0.5) is 0 Å². The number of aromatic nitrogens is 2. The van der Waals surface area contributed by atoms with Crippen molar-refractivity contribution in [3.63, 3.8) is 0 Å². The number of carbonyl (C=O) groups is 2. The Kier molecular flexibility index (Phi) is 7.46. The molecule has 0 spiro atoms. The third kappa shape index (κ3) is 5.49. The monoisotopic (exact) mass is 503 g/mol. The lowest BCUT2D eigenvalue weighted by Gasteiger charge is -2.35. The van der Waals surface area contributed by atoms with Crippen molar-refractivity contribution in [3.8, 4) is 0 Å². The molecule has 2 aliphatic rings. The fraction of sp³-hybridized carbons (Fsp3) is 0.483. The number of pyridine rings is 1. The first kappa shape index (κ1) is 25.3. The predicted octanol–water partition coefficient (Wildman–Crippen LogP) is 2.75. The maximum absolute atomic E-state index is 14.1. The lowest BCUT2D eigenvalue weighted by molar-refractivity contribution is -0.138. The van der Waals surface area contributed by atoms with E-state index < -0.39 is 0 Å². The van der Waals surface area contributed by atoms with Gasteiger partial charge < -0.3 is 24.7 Å². The van der Waals surface area contributed by atoms with Crippen molar-refractivity contribution in [1.82, 2.24) is 24.7 Å². The van der Waals surface area contributed by atoms with Gasteiger partial charge in [0.2, 0.25) is 11.8 Å². The summed E-state index contributed by atoms with van der Waals surface area (Å²) in [4.78, 5) is 40.2. The molecule has 2 unspecified atom stereocenters. The van der Waals surface area contributed by atoms with Crippen LogP contribution < -0.4 is 16.2 Å².